The van der Waals surface area contributed by atoms with E-state index in [1.165, 1.54) is 13.3 Å². The van der Waals surface area contributed by atoms with Gasteiger partial charge >= 0.3 is 0 Å². The van der Waals surface area contributed by atoms with Crippen LogP contribution in [0.4, 0.5) is 5.82 Å². The van der Waals surface area contributed by atoms with Crippen molar-refractivity contribution in [3.63, 3.8) is 0 Å². The number of anilines is 1. The number of benzene rings is 2. The summed E-state index contributed by atoms with van der Waals surface area (Å²) < 4.78 is 6.28. The molecule has 7 rings (SSSR count). The zero-order chi connectivity index (χ0) is 44.7. The van der Waals surface area contributed by atoms with Crippen LogP contribution in [0.15, 0.2) is 79.5 Å². The summed E-state index contributed by atoms with van der Waals surface area (Å²) in [5.74, 6) is 0.0599. The lowest BCUT2D eigenvalue weighted by atomic mass is 10.1. The number of hydrogen-bond donors (Lipinski definition) is 4. The summed E-state index contributed by atoms with van der Waals surface area (Å²) in [5, 5.41) is 8.53. The molecular weight excluding hydrogens is 795 g/mol. The third-order valence-corrected chi connectivity index (χ3v) is 10.2. The van der Waals surface area contributed by atoms with Gasteiger partial charge in [0, 0.05) is 32.8 Å². The summed E-state index contributed by atoms with van der Waals surface area (Å²) >= 11 is 1.55. The lowest BCUT2D eigenvalue weighted by Crippen LogP contribution is -2.47. The number of nitrogens with one attached hydrogen (secondary N) is 4. The molecule has 2 aliphatic rings. The van der Waals surface area contributed by atoms with Crippen molar-refractivity contribution in [2.45, 2.75) is 98.8 Å². The minimum Gasteiger partial charge on any atom is -0.465 e. The van der Waals surface area contributed by atoms with E-state index >= 15 is 0 Å². The van der Waals surface area contributed by atoms with Gasteiger partial charge in [-0.15, -0.1) is 0 Å². The highest BCUT2D eigenvalue weighted by atomic mass is 32.1. The van der Waals surface area contributed by atoms with Crippen molar-refractivity contribution in [1.29, 1.82) is 0 Å². The number of amides is 4. The fourth-order valence-electron chi connectivity index (χ4n) is 6.36. The molecule has 2 saturated heterocycles. The van der Waals surface area contributed by atoms with Crippen LogP contribution >= 0.6 is 11.3 Å². The van der Waals surface area contributed by atoms with Crippen molar-refractivity contribution < 1.29 is 28.7 Å². The summed E-state index contributed by atoms with van der Waals surface area (Å²) in [6.45, 7) is 16.1. The second-order valence-electron chi connectivity index (χ2n) is 14.3. The van der Waals surface area contributed by atoms with Gasteiger partial charge in [-0.2, -0.15) is 0 Å². The molecule has 2 aromatic carbocycles. The Morgan fingerprint density at radius 1 is 0.951 bits per heavy atom. The maximum absolute atomic E-state index is 13.4. The summed E-state index contributed by atoms with van der Waals surface area (Å²) in [5.41, 5.74) is 4.02. The molecule has 0 saturated carbocycles. The van der Waals surface area contributed by atoms with Gasteiger partial charge in [0.25, 0.3) is 6.47 Å². The van der Waals surface area contributed by atoms with Crippen LogP contribution in [0.3, 0.4) is 0 Å². The smallest absolute Gasteiger partial charge is 0.293 e. The molecule has 4 N–H and O–H groups in total. The quantitative estimate of drug-likeness (QED) is 0.101. The molecule has 0 radical (unpaired) electrons. The van der Waals surface area contributed by atoms with Gasteiger partial charge in [0.1, 0.15) is 12.1 Å². The Kier molecular flexibility index (Phi) is 21.4. The number of likely N-dealkylation sites (tertiary alicyclic amines) is 2. The number of carbonyl (C=O) groups excluding carboxylic acids is 5. The van der Waals surface area contributed by atoms with Crippen molar-refractivity contribution >= 4 is 52.2 Å². The van der Waals surface area contributed by atoms with Crippen LogP contribution in [-0.4, -0.2) is 105 Å². The molecule has 4 amide bonds. The van der Waals surface area contributed by atoms with Crippen LogP contribution in [0, 0.1) is 0 Å². The number of aromatic amines is 1. The first-order valence-electron chi connectivity index (χ1n) is 21.0. The van der Waals surface area contributed by atoms with Gasteiger partial charge in [-0.3, -0.25) is 28.4 Å². The molecular formula is C45H63N9O6S. The maximum Gasteiger partial charge on any atom is 0.293 e. The van der Waals surface area contributed by atoms with Crippen molar-refractivity contribution in [3.8, 4) is 21.7 Å². The van der Waals surface area contributed by atoms with Gasteiger partial charge in [0.2, 0.25) is 23.6 Å². The number of fused-ring (bicyclic) bond motifs is 1. The summed E-state index contributed by atoms with van der Waals surface area (Å²) in [7, 11) is 1.76. The molecule has 15 nitrogen and oxygen atoms in total. The summed E-state index contributed by atoms with van der Waals surface area (Å²) in [4.78, 5) is 74.9. The van der Waals surface area contributed by atoms with E-state index in [-0.39, 0.29) is 36.3 Å². The van der Waals surface area contributed by atoms with Crippen molar-refractivity contribution in [3.05, 3.63) is 85.1 Å². The van der Waals surface area contributed by atoms with Gasteiger partial charge < -0.3 is 35.5 Å². The molecule has 3 aromatic heterocycles. The number of likely N-dealkylation sites (N-methyl/N-ethyl adjacent to an activating group) is 1. The molecule has 61 heavy (non-hydrogen) atoms. The fourth-order valence-corrected chi connectivity index (χ4v) is 7.34. The molecule has 2 aliphatic heterocycles. The van der Waals surface area contributed by atoms with E-state index in [4.69, 9.17) is 0 Å². The molecule has 2 fully saturated rings. The van der Waals surface area contributed by atoms with E-state index in [1.807, 2.05) is 61.0 Å². The van der Waals surface area contributed by atoms with Crippen LogP contribution in [0.1, 0.15) is 92.2 Å². The second kappa shape index (κ2) is 26.4. The highest BCUT2D eigenvalue weighted by Gasteiger charge is 2.37. The van der Waals surface area contributed by atoms with Gasteiger partial charge in [0.15, 0.2) is 10.8 Å². The van der Waals surface area contributed by atoms with E-state index in [2.05, 4.69) is 73.8 Å². The van der Waals surface area contributed by atoms with E-state index in [0.717, 1.165) is 64.6 Å². The highest BCUT2D eigenvalue weighted by Crippen LogP contribution is 2.31. The Hall–Kier alpha value is -5.87. The lowest BCUT2D eigenvalue weighted by Gasteiger charge is -2.28. The molecule has 5 aromatic rings. The number of ether oxygens (including phenoxy) is 1. The minimum absolute atomic E-state index is 0.0301. The van der Waals surface area contributed by atoms with E-state index in [1.54, 1.807) is 54.6 Å². The zero-order valence-corrected chi connectivity index (χ0v) is 37.6. The average molecular weight is 858 g/mol. The molecule has 5 heterocycles. The fraction of sp³-hybridized carbons (Fsp3) is 0.444. The Labute approximate surface area is 363 Å². The first-order valence-corrected chi connectivity index (χ1v) is 21.8. The Morgan fingerprint density at radius 3 is 2.15 bits per heavy atom. The first-order chi connectivity index (χ1) is 29.5. The largest absolute Gasteiger partial charge is 0.465 e. The average Bonchev–Trinajstić information content (AvgIpc) is 4.12. The van der Waals surface area contributed by atoms with E-state index in [9.17, 15) is 24.0 Å². The zero-order valence-electron chi connectivity index (χ0n) is 36.8. The van der Waals surface area contributed by atoms with Crippen LogP contribution in [-0.2, 0) is 28.7 Å². The molecule has 0 aliphatic carbocycles. The Balaban J connectivity index is 0.000000355. The molecule has 330 valence electrons. The van der Waals surface area contributed by atoms with Crippen LogP contribution in [0.5, 0.6) is 0 Å². The first kappa shape index (κ1) is 49.5. The van der Waals surface area contributed by atoms with E-state index in [0.29, 0.717) is 25.3 Å². The van der Waals surface area contributed by atoms with Gasteiger partial charge in [0.05, 0.1) is 41.9 Å². The molecule has 1 unspecified atom stereocenters. The number of imidazole rings is 2. The van der Waals surface area contributed by atoms with Crippen LogP contribution < -0.4 is 16.0 Å². The Morgan fingerprint density at radius 2 is 1.61 bits per heavy atom. The number of aromatic nitrogens is 4. The lowest BCUT2D eigenvalue weighted by molar-refractivity contribution is -0.138. The van der Waals surface area contributed by atoms with Crippen molar-refractivity contribution in [2.75, 3.05) is 38.5 Å². The number of rotatable bonds is 11. The third-order valence-electron chi connectivity index (χ3n) is 9.17. The minimum atomic E-state index is -0.522. The van der Waals surface area contributed by atoms with E-state index < -0.39 is 12.1 Å². The summed E-state index contributed by atoms with van der Waals surface area (Å²) in [6, 6.07) is 16.8. The van der Waals surface area contributed by atoms with Gasteiger partial charge in [-0.25, -0.2) is 9.97 Å². The number of carbonyl (C=O) groups is 5. The third kappa shape index (κ3) is 15.3. The Bertz CT molecular complexity index is 2030. The highest BCUT2D eigenvalue weighted by molar-refractivity contribution is 7.20. The molecule has 2 atom stereocenters. The van der Waals surface area contributed by atoms with Crippen molar-refractivity contribution in [2.24, 2.45) is 0 Å². The molecule has 0 spiro atoms. The summed E-state index contributed by atoms with van der Waals surface area (Å²) in [6.07, 6.45) is 12.2. The van der Waals surface area contributed by atoms with Crippen LogP contribution in [0.2, 0.25) is 0 Å². The maximum atomic E-state index is 13.4. The number of H-pyrrole nitrogens is 1. The molecule has 16 heteroatoms. The number of nitrogens with zero attached hydrogens (tertiary/aromatic N) is 5. The monoisotopic (exact) mass is 857 g/mol. The SMILES string of the molecule is CC.CC(=O)NCC(=O)N1CCCC1.CC(C)OC=O.CCC.CNC(C(=O)N1CCC[C@H]1C(=O)Nc1cn2cc(-c3ccc(-c4cnc[nH]4)cc3)sc2n1)c1ccccc1. The predicted molar refractivity (Wildman–Crippen MR) is 242 cm³/mol. The van der Waals surface area contributed by atoms with Gasteiger partial charge in [-0.05, 0) is 63.3 Å². The standard InChI is InChI=1S/C28H27N7O2S.C8H14N2O2.C4H8O2.C3H8.C2H6/c1-29-25(20-6-3-2-4-7-20)27(37)35-13-5-8-22(35)26(36)32-24-16-34-15-23(38-28(34)33-24)19-11-9-18(10-12-19)21-14-30-17-31-21;1-7(11)9-6-8(12)10-4-2-3-5-10;1-4(2)6-3-5;1-3-2;1-2/h2-4,6-7,9-12,14-17,22,25,29H,5,8,13H2,1H3,(H,30,31)(H,32,36);2-6H2,1H3,(H,9,11);3-4H,1-2H3;3H2,1-2H3;1-2H3/t22-,25?;;;;/m0..../s1. The number of hydrogen-bond acceptors (Lipinski definition) is 10. The normalized spacial score (nSPS) is 14.5. The second-order valence-corrected chi connectivity index (χ2v) is 15.3. The molecule has 0 bridgehead atoms. The van der Waals surface area contributed by atoms with Gasteiger partial charge in [-0.1, -0.05) is 100 Å². The van der Waals surface area contributed by atoms with Crippen LogP contribution in [0.25, 0.3) is 26.7 Å². The number of thiazole rings is 1. The van der Waals surface area contributed by atoms with Crippen molar-refractivity contribution in [1.82, 2.24) is 39.8 Å². The topological polar surface area (TPSA) is 183 Å². The predicted octanol–water partition coefficient (Wildman–Crippen LogP) is 7.10.